The number of ether oxygens (including phenoxy) is 3. The molecule has 174 valence electrons. The molecule has 1 unspecified atom stereocenters. The smallest absolute Gasteiger partial charge is 0.166 e. The van der Waals surface area contributed by atoms with E-state index in [9.17, 15) is 4.79 Å². The van der Waals surface area contributed by atoms with E-state index in [1.807, 2.05) is 42.5 Å². The average molecular weight is 478 g/mol. The molecule has 34 heavy (non-hydrogen) atoms. The van der Waals surface area contributed by atoms with Crippen LogP contribution in [-0.4, -0.2) is 41.7 Å². The highest BCUT2D eigenvalue weighted by atomic mass is 35.5. The Labute approximate surface area is 202 Å². The molecule has 0 N–H and O–H groups in total. The van der Waals surface area contributed by atoms with Gasteiger partial charge >= 0.3 is 0 Å². The van der Waals surface area contributed by atoms with Gasteiger partial charge in [0.2, 0.25) is 0 Å². The number of Topliss-reactive ketones (excluding diaryl/α,β-unsaturated/α-hetero) is 1. The van der Waals surface area contributed by atoms with Crippen molar-refractivity contribution in [3.05, 3.63) is 76.2 Å². The van der Waals surface area contributed by atoms with Crippen molar-refractivity contribution in [3.8, 4) is 22.6 Å². The molecule has 7 nitrogen and oxygen atoms in total. The van der Waals surface area contributed by atoms with Crippen LogP contribution in [0.4, 0.5) is 0 Å². The van der Waals surface area contributed by atoms with E-state index in [0.717, 1.165) is 28.1 Å². The summed E-state index contributed by atoms with van der Waals surface area (Å²) in [7, 11) is 4.83. The predicted octanol–water partition coefficient (Wildman–Crippen LogP) is 5.13. The Kier molecular flexibility index (Phi) is 5.98. The zero-order valence-electron chi connectivity index (χ0n) is 19.2. The van der Waals surface area contributed by atoms with Crippen LogP contribution in [0.1, 0.15) is 39.6 Å². The number of hydrogen-bond acceptors (Lipinski definition) is 6. The minimum absolute atomic E-state index is 0.0274. The van der Waals surface area contributed by atoms with Crippen molar-refractivity contribution in [3.63, 3.8) is 0 Å². The molecule has 2 aromatic heterocycles. The van der Waals surface area contributed by atoms with Gasteiger partial charge in [0.05, 0.1) is 43.3 Å². The summed E-state index contributed by atoms with van der Waals surface area (Å²) >= 11 is 6.20. The fraction of sp³-hybridized carbons (Fsp3) is 0.269. The first-order valence-corrected chi connectivity index (χ1v) is 11.3. The number of ketones is 1. The van der Waals surface area contributed by atoms with E-state index in [1.54, 1.807) is 32.0 Å². The van der Waals surface area contributed by atoms with Crippen molar-refractivity contribution in [2.45, 2.75) is 25.4 Å². The van der Waals surface area contributed by atoms with Gasteiger partial charge in [-0.15, -0.1) is 0 Å². The number of carbonyl (C=O) groups is 1. The zero-order chi connectivity index (χ0) is 23.8. The van der Waals surface area contributed by atoms with Gasteiger partial charge in [-0.05, 0) is 47.7 Å². The molecule has 0 aliphatic heterocycles. The Balaban J connectivity index is 1.65. The number of aromatic nitrogens is 3. The molecule has 0 saturated carbocycles. The van der Waals surface area contributed by atoms with Crippen LogP contribution >= 0.6 is 11.6 Å². The second kappa shape index (κ2) is 9.08. The monoisotopic (exact) mass is 477 g/mol. The van der Waals surface area contributed by atoms with Crippen molar-refractivity contribution >= 4 is 23.0 Å². The standard InChI is InChI=1S/C26H24ClN3O4/c1-32-14-21-25(16-7-8-23(33-2)24(12-16)34-3)26-28-20-10-17(15-5-4-6-18(27)9-15)11-22(31)19(20)13-30(26)29-21/h4-9,12-13,17H,10-11,14H2,1-3H3. The van der Waals surface area contributed by atoms with Gasteiger partial charge in [-0.3, -0.25) is 4.79 Å². The quantitative estimate of drug-likeness (QED) is 0.383. The molecule has 0 fully saturated rings. The highest BCUT2D eigenvalue weighted by molar-refractivity contribution is 6.30. The second-order valence-corrected chi connectivity index (χ2v) is 8.71. The van der Waals surface area contributed by atoms with E-state index < -0.39 is 0 Å². The third-order valence-electron chi connectivity index (χ3n) is 6.21. The molecule has 0 amide bonds. The maximum absolute atomic E-state index is 13.1. The zero-order valence-corrected chi connectivity index (χ0v) is 19.9. The van der Waals surface area contributed by atoms with Crippen LogP contribution in [0.15, 0.2) is 48.7 Å². The van der Waals surface area contributed by atoms with Gasteiger partial charge in [0.1, 0.15) is 0 Å². The van der Waals surface area contributed by atoms with Gasteiger partial charge in [0, 0.05) is 24.8 Å². The topological polar surface area (TPSA) is 75.0 Å². The number of methoxy groups -OCH3 is 3. The number of carbonyl (C=O) groups excluding carboxylic acids is 1. The highest BCUT2D eigenvalue weighted by Crippen LogP contribution is 2.38. The molecule has 0 bridgehead atoms. The van der Waals surface area contributed by atoms with Crippen LogP contribution < -0.4 is 9.47 Å². The van der Waals surface area contributed by atoms with E-state index in [4.69, 9.17) is 35.9 Å². The van der Waals surface area contributed by atoms with Gasteiger partial charge in [-0.25, -0.2) is 9.50 Å². The number of benzene rings is 2. The van der Waals surface area contributed by atoms with Gasteiger partial charge in [-0.2, -0.15) is 5.10 Å². The van der Waals surface area contributed by atoms with Crippen LogP contribution in [0.2, 0.25) is 5.02 Å². The summed E-state index contributed by atoms with van der Waals surface area (Å²) in [5.41, 5.74) is 5.52. The lowest BCUT2D eigenvalue weighted by Gasteiger charge is -2.23. The SMILES string of the molecule is COCc1nn2cc3c(nc2c1-c1ccc(OC)c(OC)c1)CC(c1cccc(Cl)c1)CC3=O. The van der Waals surface area contributed by atoms with E-state index in [0.29, 0.717) is 47.2 Å². The van der Waals surface area contributed by atoms with E-state index in [1.165, 1.54) is 0 Å². The number of halogens is 1. The van der Waals surface area contributed by atoms with Crippen molar-refractivity contribution in [2.75, 3.05) is 21.3 Å². The average Bonchev–Trinajstić information content (AvgIpc) is 3.19. The molecule has 1 aliphatic rings. The third-order valence-corrected chi connectivity index (χ3v) is 6.44. The maximum Gasteiger partial charge on any atom is 0.166 e. The lowest BCUT2D eigenvalue weighted by molar-refractivity contribution is 0.0962. The van der Waals surface area contributed by atoms with E-state index in [2.05, 4.69) is 0 Å². The van der Waals surface area contributed by atoms with Crippen molar-refractivity contribution < 1.29 is 19.0 Å². The second-order valence-electron chi connectivity index (χ2n) is 8.28. The largest absolute Gasteiger partial charge is 0.493 e. The highest BCUT2D eigenvalue weighted by Gasteiger charge is 2.29. The Morgan fingerprint density at radius 2 is 1.88 bits per heavy atom. The minimum Gasteiger partial charge on any atom is -0.493 e. The summed E-state index contributed by atoms with van der Waals surface area (Å²) in [6, 6.07) is 13.4. The Hall–Kier alpha value is -3.42. The van der Waals surface area contributed by atoms with Crippen molar-refractivity contribution in [1.29, 1.82) is 0 Å². The fourth-order valence-corrected chi connectivity index (χ4v) is 4.80. The summed E-state index contributed by atoms with van der Waals surface area (Å²) in [6.45, 7) is 0.302. The van der Waals surface area contributed by atoms with Gasteiger partial charge < -0.3 is 14.2 Å². The Morgan fingerprint density at radius 3 is 2.62 bits per heavy atom. The summed E-state index contributed by atoms with van der Waals surface area (Å²) in [6.07, 6.45) is 2.85. The van der Waals surface area contributed by atoms with Crippen LogP contribution in [0.5, 0.6) is 11.5 Å². The fourth-order valence-electron chi connectivity index (χ4n) is 4.60. The Bertz CT molecular complexity index is 1400. The molecule has 4 aromatic rings. The van der Waals surface area contributed by atoms with Crippen molar-refractivity contribution in [2.24, 2.45) is 0 Å². The summed E-state index contributed by atoms with van der Waals surface area (Å²) in [4.78, 5) is 18.0. The lowest BCUT2D eigenvalue weighted by Crippen LogP contribution is -2.21. The number of nitrogens with zero attached hydrogens (tertiary/aromatic N) is 3. The summed E-state index contributed by atoms with van der Waals surface area (Å²) < 4.78 is 18.0. The van der Waals surface area contributed by atoms with Gasteiger partial charge in [0.25, 0.3) is 0 Å². The molecule has 1 atom stereocenters. The molecule has 8 heteroatoms. The molecule has 2 heterocycles. The van der Waals surface area contributed by atoms with E-state index in [-0.39, 0.29) is 11.7 Å². The van der Waals surface area contributed by atoms with Crippen LogP contribution in [0.25, 0.3) is 16.8 Å². The first-order chi connectivity index (χ1) is 16.5. The minimum atomic E-state index is 0.0274. The molecule has 0 spiro atoms. The molecule has 2 aromatic carbocycles. The number of rotatable bonds is 6. The molecule has 1 aliphatic carbocycles. The lowest BCUT2D eigenvalue weighted by atomic mass is 9.82. The van der Waals surface area contributed by atoms with Crippen LogP contribution in [0, 0.1) is 0 Å². The molecular formula is C26H24ClN3O4. The predicted molar refractivity (Wildman–Crippen MR) is 129 cm³/mol. The van der Waals surface area contributed by atoms with Gasteiger partial charge in [-0.1, -0.05) is 29.8 Å². The van der Waals surface area contributed by atoms with Gasteiger partial charge in [0.15, 0.2) is 22.9 Å². The Morgan fingerprint density at radius 1 is 1.06 bits per heavy atom. The molecule has 0 saturated heterocycles. The van der Waals surface area contributed by atoms with Crippen LogP contribution in [-0.2, 0) is 17.8 Å². The number of fused-ring (bicyclic) bond motifs is 2. The molecule has 0 radical (unpaired) electrons. The maximum atomic E-state index is 13.1. The van der Waals surface area contributed by atoms with Crippen LogP contribution in [0.3, 0.4) is 0 Å². The third kappa shape index (κ3) is 3.91. The first-order valence-electron chi connectivity index (χ1n) is 10.9. The molecular weight excluding hydrogens is 454 g/mol. The van der Waals surface area contributed by atoms with E-state index >= 15 is 0 Å². The summed E-state index contributed by atoms with van der Waals surface area (Å²) in [5.74, 6) is 1.32. The number of hydrogen-bond donors (Lipinski definition) is 0. The first kappa shape index (κ1) is 22.4. The normalized spacial score (nSPS) is 15.4. The molecule has 5 rings (SSSR count). The summed E-state index contributed by atoms with van der Waals surface area (Å²) in [5, 5.41) is 5.36. The van der Waals surface area contributed by atoms with Crippen molar-refractivity contribution in [1.82, 2.24) is 14.6 Å².